The number of carbonyl (C=O) groups excluding carboxylic acids is 1. The van der Waals surface area contributed by atoms with Crippen LogP contribution in [0, 0.1) is 5.92 Å². The molecule has 0 aromatic rings. The van der Waals surface area contributed by atoms with Crippen molar-refractivity contribution < 1.29 is 14.3 Å². The standard InChI is InChI=1S/C27H54ClO3P.ClH/c1-3-5-7-9-10-11-12-13-14-15-16-17-18-19-20-22-24-32(30,31)25-26(27(28)29)23-21-8-6-4-2;/h26H,3-25H2,1-2H3,(H,30,31);1H. The average Bonchev–Trinajstić information content (AvgIpc) is 2.75. The molecule has 0 aliphatic rings. The van der Waals surface area contributed by atoms with Crippen LogP contribution < -0.4 is 0 Å². The quantitative estimate of drug-likeness (QED) is 0.0727. The molecule has 0 aromatic heterocycles. The van der Waals surface area contributed by atoms with Gasteiger partial charge in [-0.25, -0.2) is 0 Å². The second kappa shape index (κ2) is 25.5. The molecule has 200 valence electrons. The first-order valence-corrected chi connectivity index (χ1v) is 16.3. The van der Waals surface area contributed by atoms with Gasteiger partial charge in [0, 0.05) is 18.2 Å². The minimum atomic E-state index is -3.25. The highest BCUT2D eigenvalue weighted by Gasteiger charge is 2.27. The van der Waals surface area contributed by atoms with Crippen molar-refractivity contribution in [2.75, 3.05) is 12.3 Å². The maximum Gasteiger partial charge on any atom is 0.225 e. The van der Waals surface area contributed by atoms with Gasteiger partial charge in [-0.05, 0) is 24.4 Å². The lowest BCUT2D eigenvalue weighted by atomic mass is 10.0. The van der Waals surface area contributed by atoms with Crippen molar-refractivity contribution in [3.63, 3.8) is 0 Å². The van der Waals surface area contributed by atoms with Gasteiger partial charge in [0.2, 0.25) is 12.6 Å². The Kier molecular flexibility index (Phi) is 27.5. The van der Waals surface area contributed by atoms with Gasteiger partial charge in [0.15, 0.2) is 0 Å². The van der Waals surface area contributed by atoms with Gasteiger partial charge in [-0.2, -0.15) is 0 Å². The highest BCUT2D eigenvalue weighted by atomic mass is 35.5. The lowest BCUT2D eigenvalue weighted by Gasteiger charge is -2.17. The van der Waals surface area contributed by atoms with Crippen molar-refractivity contribution in [3.05, 3.63) is 0 Å². The molecule has 6 heteroatoms. The summed E-state index contributed by atoms with van der Waals surface area (Å²) < 4.78 is 12.5. The molecule has 0 aromatic carbocycles. The summed E-state index contributed by atoms with van der Waals surface area (Å²) in [7, 11) is -3.25. The highest BCUT2D eigenvalue weighted by Crippen LogP contribution is 2.45. The smallest absolute Gasteiger partial charge is 0.225 e. The molecule has 0 saturated heterocycles. The largest absolute Gasteiger partial charge is 0.344 e. The molecule has 0 radical (unpaired) electrons. The van der Waals surface area contributed by atoms with Crippen LogP contribution in [-0.4, -0.2) is 22.5 Å². The Hall–Kier alpha value is 0.440. The summed E-state index contributed by atoms with van der Waals surface area (Å²) in [6.45, 7) is 4.41. The van der Waals surface area contributed by atoms with Gasteiger partial charge in [0.25, 0.3) is 0 Å². The number of carbonyl (C=O) groups is 1. The number of hydrogen-bond acceptors (Lipinski definition) is 2. The van der Waals surface area contributed by atoms with Crippen molar-refractivity contribution in [3.8, 4) is 0 Å². The molecule has 33 heavy (non-hydrogen) atoms. The Morgan fingerprint density at radius 1 is 0.667 bits per heavy atom. The van der Waals surface area contributed by atoms with Gasteiger partial charge in [0.05, 0.1) is 0 Å². The zero-order chi connectivity index (χ0) is 23.9. The van der Waals surface area contributed by atoms with Crippen molar-refractivity contribution >= 4 is 36.6 Å². The summed E-state index contributed by atoms with van der Waals surface area (Å²) in [4.78, 5) is 21.9. The van der Waals surface area contributed by atoms with E-state index < -0.39 is 18.5 Å². The summed E-state index contributed by atoms with van der Waals surface area (Å²) >= 11 is 5.69. The summed E-state index contributed by atoms with van der Waals surface area (Å²) in [6, 6.07) is 0. The van der Waals surface area contributed by atoms with Crippen molar-refractivity contribution in [1.82, 2.24) is 0 Å². The van der Waals surface area contributed by atoms with Crippen LogP contribution in [0.5, 0.6) is 0 Å². The second-order valence-electron chi connectivity index (χ2n) is 9.91. The molecule has 2 atom stereocenters. The summed E-state index contributed by atoms with van der Waals surface area (Å²) in [5, 5.41) is -0.442. The molecule has 3 nitrogen and oxygen atoms in total. The van der Waals surface area contributed by atoms with E-state index >= 15 is 0 Å². The molecule has 0 rings (SSSR count). The maximum atomic E-state index is 12.5. The Morgan fingerprint density at radius 2 is 1.00 bits per heavy atom. The first-order chi connectivity index (χ1) is 15.4. The third-order valence-corrected chi connectivity index (χ3v) is 8.93. The lowest BCUT2D eigenvalue weighted by molar-refractivity contribution is -0.114. The van der Waals surface area contributed by atoms with Gasteiger partial charge in [-0.15, -0.1) is 12.4 Å². The van der Waals surface area contributed by atoms with E-state index in [1.807, 2.05) is 0 Å². The minimum Gasteiger partial charge on any atom is -0.344 e. The summed E-state index contributed by atoms with van der Waals surface area (Å²) in [5.74, 6) is -0.453. The van der Waals surface area contributed by atoms with E-state index in [0.29, 0.717) is 12.6 Å². The summed E-state index contributed by atoms with van der Waals surface area (Å²) in [5.41, 5.74) is 0. The zero-order valence-corrected chi connectivity index (χ0v) is 24.3. The van der Waals surface area contributed by atoms with Gasteiger partial charge < -0.3 is 4.89 Å². The minimum absolute atomic E-state index is 0. The molecule has 0 bridgehead atoms. The average molecular weight is 530 g/mol. The van der Waals surface area contributed by atoms with Crippen molar-refractivity contribution in [2.45, 2.75) is 149 Å². The molecule has 0 heterocycles. The summed E-state index contributed by atoms with van der Waals surface area (Å²) in [6.07, 6.45) is 26.0. The predicted molar refractivity (Wildman–Crippen MR) is 149 cm³/mol. The molecule has 0 fully saturated rings. The predicted octanol–water partition coefficient (Wildman–Crippen LogP) is 10.3. The van der Waals surface area contributed by atoms with E-state index in [9.17, 15) is 14.3 Å². The first kappa shape index (κ1) is 35.6. The van der Waals surface area contributed by atoms with E-state index in [1.54, 1.807) is 0 Å². The maximum absolute atomic E-state index is 12.5. The fourth-order valence-electron chi connectivity index (χ4n) is 4.44. The van der Waals surface area contributed by atoms with Crippen LogP contribution in [-0.2, 0) is 9.36 Å². The molecular formula is C27H55Cl2O3P. The third-order valence-electron chi connectivity index (χ3n) is 6.59. The SMILES string of the molecule is CCCCCCCCCCCCCCCCCCP(=O)(O)CC(CCCCCC)C(=O)Cl.Cl. The van der Waals surface area contributed by atoms with E-state index in [4.69, 9.17) is 11.6 Å². The molecule has 0 aliphatic carbocycles. The van der Waals surface area contributed by atoms with Crippen LogP contribution >= 0.6 is 31.4 Å². The number of rotatable bonds is 25. The van der Waals surface area contributed by atoms with Gasteiger partial charge in [-0.1, -0.05) is 136 Å². The van der Waals surface area contributed by atoms with E-state index in [1.165, 1.54) is 83.5 Å². The van der Waals surface area contributed by atoms with Crippen LogP contribution in [0.3, 0.4) is 0 Å². The Bertz CT molecular complexity index is 474. The highest BCUT2D eigenvalue weighted by molar-refractivity contribution is 7.58. The topological polar surface area (TPSA) is 54.4 Å². The van der Waals surface area contributed by atoms with Crippen LogP contribution in [0.1, 0.15) is 149 Å². The molecule has 2 unspecified atom stereocenters. The number of halogens is 2. The Labute approximate surface area is 217 Å². The fourth-order valence-corrected chi connectivity index (χ4v) is 6.67. The second-order valence-corrected chi connectivity index (χ2v) is 12.8. The Balaban J connectivity index is 0. The van der Waals surface area contributed by atoms with Gasteiger partial charge in [0.1, 0.15) is 0 Å². The van der Waals surface area contributed by atoms with Crippen LogP contribution in [0.4, 0.5) is 0 Å². The van der Waals surface area contributed by atoms with Crippen LogP contribution in [0.25, 0.3) is 0 Å². The monoisotopic (exact) mass is 528 g/mol. The van der Waals surface area contributed by atoms with Gasteiger partial charge >= 0.3 is 0 Å². The lowest BCUT2D eigenvalue weighted by Crippen LogP contribution is -2.15. The zero-order valence-electron chi connectivity index (χ0n) is 21.8. The molecule has 0 amide bonds. The first-order valence-electron chi connectivity index (χ1n) is 13.9. The third kappa shape index (κ3) is 25.3. The van der Waals surface area contributed by atoms with E-state index in [-0.39, 0.29) is 18.6 Å². The molecular weight excluding hydrogens is 474 g/mol. The van der Waals surface area contributed by atoms with E-state index in [0.717, 1.165) is 44.9 Å². The fraction of sp³-hybridized carbons (Fsp3) is 0.963. The molecule has 0 aliphatic heterocycles. The van der Waals surface area contributed by atoms with Crippen LogP contribution in [0.15, 0.2) is 0 Å². The van der Waals surface area contributed by atoms with Crippen LogP contribution in [0.2, 0.25) is 0 Å². The van der Waals surface area contributed by atoms with Crippen molar-refractivity contribution in [2.24, 2.45) is 5.92 Å². The normalized spacial score (nSPS) is 13.9. The molecule has 1 N–H and O–H groups in total. The molecule has 0 saturated carbocycles. The van der Waals surface area contributed by atoms with Crippen molar-refractivity contribution in [1.29, 1.82) is 0 Å². The van der Waals surface area contributed by atoms with E-state index in [2.05, 4.69) is 13.8 Å². The molecule has 0 spiro atoms. The number of hydrogen-bond donors (Lipinski definition) is 1. The Morgan fingerprint density at radius 3 is 1.36 bits per heavy atom. The number of unbranched alkanes of at least 4 members (excludes halogenated alkanes) is 18. The van der Waals surface area contributed by atoms with Gasteiger partial charge in [-0.3, -0.25) is 9.36 Å².